The summed E-state index contributed by atoms with van der Waals surface area (Å²) >= 11 is 18.3. The largest absolute Gasteiger partial charge is 0.506 e. The summed E-state index contributed by atoms with van der Waals surface area (Å²) in [7, 11) is 0. The quantitative estimate of drug-likeness (QED) is 0.281. The van der Waals surface area contributed by atoms with E-state index in [1.54, 1.807) is 30.7 Å². The van der Waals surface area contributed by atoms with Crippen LogP contribution in [0.2, 0.25) is 0 Å². The zero-order valence-corrected chi connectivity index (χ0v) is 28.6. The monoisotopic (exact) mass is 698 g/mol. The molecule has 9 nitrogen and oxygen atoms in total. The molecule has 1 unspecified atom stereocenters. The van der Waals surface area contributed by atoms with Gasteiger partial charge in [0.25, 0.3) is 0 Å². The summed E-state index contributed by atoms with van der Waals surface area (Å²) in [5.41, 5.74) is 7.80. The molecule has 12 heteroatoms. The number of allylic oxidation sites excluding steroid dienone is 3. The molecule has 0 aromatic carbocycles. The van der Waals surface area contributed by atoms with E-state index in [-0.39, 0.29) is 51.7 Å². The number of carbonyl (C=O) groups is 2. The van der Waals surface area contributed by atoms with Crippen LogP contribution in [0, 0.1) is 34.0 Å². The Kier molecular flexibility index (Phi) is 11.9. The van der Waals surface area contributed by atoms with E-state index in [1.165, 1.54) is 0 Å². The van der Waals surface area contributed by atoms with Gasteiger partial charge in [0.1, 0.15) is 29.0 Å². The highest BCUT2D eigenvalue weighted by Gasteiger charge is 2.27. The van der Waals surface area contributed by atoms with Crippen molar-refractivity contribution in [3.05, 3.63) is 104 Å². The van der Waals surface area contributed by atoms with Crippen LogP contribution in [-0.2, 0) is 48.1 Å². The van der Waals surface area contributed by atoms with E-state index in [9.17, 15) is 14.7 Å². The predicted molar refractivity (Wildman–Crippen MR) is 184 cm³/mol. The second kappa shape index (κ2) is 15.8. The summed E-state index contributed by atoms with van der Waals surface area (Å²) in [6.45, 7) is 5.98. The molecule has 0 saturated carbocycles. The summed E-state index contributed by atoms with van der Waals surface area (Å²) in [6, 6.07) is 11.2. The summed E-state index contributed by atoms with van der Waals surface area (Å²) < 4.78 is 0. The van der Waals surface area contributed by atoms with Gasteiger partial charge in [-0.25, -0.2) is 0 Å². The minimum Gasteiger partial charge on any atom is -0.506 e. The summed E-state index contributed by atoms with van der Waals surface area (Å²) in [5, 5.41) is 36.8. The molecule has 3 aliphatic carbocycles. The molecule has 3 aromatic heterocycles. The van der Waals surface area contributed by atoms with Crippen molar-refractivity contribution < 1.29 is 14.7 Å². The number of nitrogens with zero attached hydrogens (tertiary/aromatic N) is 6. The molecule has 0 saturated heterocycles. The molecule has 0 aliphatic heterocycles. The number of carbonyl (C=O) groups excluding carboxylic acids is 2. The Bertz CT molecular complexity index is 1950. The maximum absolute atomic E-state index is 11.6. The molecule has 242 valence electrons. The van der Waals surface area contributed by atoms with Crippen LogP contribution < -0.4 is 0 Å². The van der Waals surface area contributed by atoms with Crippen molar-refractivity contribution in [1.29, 1.82) is 15.8 Å². The lowest BCUT2D eigenvalue weighted by molar-refractivity contribution is -0.115. The number of hydrogen-bond acceptors (Lipinski definition) is 9. The first-order chi connectivity index (χ1) is 23.0. The van der Waals surface area contributed by atoms with Gasteiger partial charge in [-0.15, -0.1) is 11.6 Å². The lowest BCUT2D eigenvalue weighted by atomic mass is 9.91. The molecule has 3 heterocycles. The smallest absolute Gasteiger partial charge is 0.181 e. The number of nitriles is 3. The van der Waals surface area contributed by atoms with Gasteiger partial charge in [-0.1, -0.05) is 44.0 Å². The average Bonchev–Trinajstić information content (AvgIpc) is 3.09. The van der Waals surface area contributed by atoms with Crippen LogP contribution >= 0.6 is 34.8 Å². The second-order valence-corrected chi connectivity index (χ2v) is 12.2. The van der Waals surface area contributed by atoms with Crippen LogP contribution in [0.3, 0.4) is 0 Å². The molecular formula is C36H29Cl3N6O3. The lowest BCUT2D eigenvalue weighted by Gasteiger charge is -2.20. The van der Waals surface area contributed by atoms with E-state index in [4.69, 9.17) is 50.6 Å². The maximum Gasteiger partial charge on any atom is 0.181 e. The highest BCUT2D eigenvalue weighted by Crippen LogP contribution is 2.36. The summed E-state index contributed by atoms with van der Waals surface area (Å²) in [4.78, 5) is 35.7. The van der Waals surface area contributed by atoms with E-state index in [2.05, 4.69) is 21.0 Å². The van der Waals surface area contributed by atoms with Crippen molar-refractivity contribution in [1.82, 2.24) is 15.0 Å². The van der Waals surface area contributed by atoms with E-state index >= 15 is 0 Å². The number of ketones is 2. The van der Waals surface area contributed by atoms with Crippen molar-refractivity contribution in [2.75, 3.05) is 0 Å². The van der Waals surface area contributed by atoms with Crippen molar-refractivity contribution in [3.63, 3.8) is 0 Å². The molecule has 0 amide bonds. The Labute approximate surface area is 293 Å². The SMILES string of the molecule is CCc1cc2c(cn1)CC(=O)C(C#N)=C2Cl.CCc1cc2c(cn1)CC(=O)C(C#N)=C2O.CCc1cc2c(cn1)CC(Cl)C(C#N)=C2Cl. The Morgan fingerprint density at radius 1 is 0.708 bits per heavy atom. The highest BCUT2D eigenvalue weighted by atomic mass is 35.5. The fourth-order valence-corrected chi connectivity index (χ4v) is 6.26. The second-order valence-electron chi connectivity index (χ2n) is 10.9. The molecule has 3 aliphatic rings. The summed E-state index contributed by atoms with van der Waals surface area (Å²) in [6.07, 6.45) is 8.43. The van der Waals surface area contributed by atoms with Crippen LogP contribution in [0.4, 0.5) is 0 Å². The van der Waals surface area contributed by atoms with Gasteiger partial charge < -0.3 is 5.11 Å². The Hall–Kier alpha value is -4.85. The van der Waals surface area contributed by atoms with Crippen LogP contribution in [0.15, 0.2) is 53.5 Å². The zero-order chi connectivity index (χ0) is 35.1. The fourth-order valence-electron chi connectivity index (χ4n) is 5.20. The number of alkyl halides is 1. The number of aromatic nitrogens is 3. The number of rotatable bonds is 3. The van der Waals surface area contributed by atoms with Crippen molar-refractivity contribution in [2.24, 2.45) is 0 Å². The molecule has 6 rings (SSSR count). The molecule has 1 atom stereocenters. The number of halogens is 3. The van der Waals surface area contributed by atoms with Gasteiger partial charge >= 0.3 is 0 Å². The number of Topliss-reactive ketones (excluding diaryl/α,β-unsaturated/α-hetero) is 2. The van der Waals surface area contributed by atoms with Crippen molar-refractivity contribution in [3.8, 4) is 18.2 Å². The zero-order valence-electron chi connectivity index (χ0n) is 26.4. The van der Waals surface area contributed by atoms with Gasteiger partial charge in [-0.05, 0) is 60.6 Å². The molecule has 0 bridgehead atoms. The number of pyridine rings is 3. The van der Waals surface area contributed by atoms with Gasteiger partial charge in [-0.3, -0.25) is 24.5 Å². The Morgan fingerprint density at radius 2 is 1.15 bits per heavy atom. The maximum atomic E-state index is 11.6. The third-order valence-corrected chi connectivity index (χ3v) is 9.13. The minimum absolute atomic E-state index is 0.0578. The first kappa shape index (κ1) is 36.0. The van der Waals surface area contributed by atoms with Gasteiger partial charge in [0.2, 0.25) is 0 Å². The normalized spacial score (nSPS) is 16.2. The molecule has 1 N–H and O–H groups in total. The molecule has 0 radical (unpaired) electrons. The predicted octanol–water partition coefficient (Wildman–Crippen LogP) is 7.09. The molecular weight excluding hydrogens is 671 g/mol. The minimum atomic E-state index is -0.349. The van der Waals surface area contributed by atoms with Crippen LogP contribution in [0.1, 0.15) is 71.2 Å². The number of aliphatic hydroxyl groups excluding tert-OH is 1. The molecule has 48 heavy (non-hydrogen) atoms. The molecule has 0 fully saturated rings. The van der Waals surface area contributed by atoms with E-state index in [1.807, 2.05) is 39.0 Å². The first-order valence-corrected chi connectivity index (χ1v) is 16.3. The van der Waals surface area contributed by atoms with Gasteiger partial charge in [0.05, 0.1) is 27.1 Å². The first-order valence-electron chi connectivity index (χ1n) is 15.1. The van der Waals surface area contributed by atoms with E-state index in [0.29, 0.717) is 28.2 Å². The number of aryl methyl sites for hydroxylation is 3. The number of fused-ring (bicyclic) bond motifs is 3. The van der Waals surface area contributed by atoms with Crippen LogP contribution in [-0.4, -0.2) is 37.0 Å². The summed E-state index contributed by atoms with van der Waals surface area (Å²) in [5.74, 6) is -0.796. The number of aliphatic hydroxyl groups is 1. The number of hydrogen-bond donors (Lipinski definition) is 1. The van der Waals surface area contributed by atoms with E-state index < -0.39 is 0 Å². The van der Waals surface area contributed by atoms with Crippen LogP contribution in [0.5, 0.6) is 0 Å². The van der Waals surface area contributed by atoms with Gasteiger partial charge in [0.15, 0.2) is 11.6 Å². The average molecular weight is 700 g/mol. The topological polar surface area (TPSA) is 164 Å². The molecule has 0 spiro atoms. The van der Waals surface area contributed by atoms with Crippen LogP contribution in [0.25, 0.3) is 15.8 Å². The molecule has 3 aromatic rings. The van der Waals surface area contributed by atoms with Gasteiger partial charge in [0, 0.05) is 65.2 Å². The Balaban J connectivity index is 0.000000163. The van der Waals surface area contributed by atoms with Gasteiger partial charge in [-0.2, -0.15) is 15.8 Å². The van der Waals surface area contributed by atoms with E-state index in [0.717, 1.165) is 58.6 Å². The standard InChI is InChI=1S/C12H10Cl2N2.C12H9ClN2O.C12H10N2O2/c1-2-8-4-9-7(6-16-8)3-11(13)10(5-15)12(9)14;1-2-8-4-9-7(6-15-8)3-11(16)10(5-14)12(9)13;1-2-8-4-9-7(6-14-8)3-11(15)10(5-13)12(9)16/h4,6,11H,2-3H2,1H3;4,6H,2-3H2,1H3;4,6,16H,2-3H2,1H3. The van der Waals surface area contributed by atoms with Crippen molar-refractivity contribution in [2.45, 2.75) is 64.7 Å². The third-order valence-electron chi connectivity index (χ3n) is 7.95. The Morgan fingerprint density at radius 3 is 1.62 bits per heavy atom. The van der Waals surface area contributed by atoms with Crippen molar-refractivity contribution >= 4 is 62.2 Å². The third kappa shape index (κ3) is 7.48. The highest BCUT2D eigenvalue weighted by molar-refractivity contribution is 6.52. The lowest BCUT2D eigenvalue weighted by Crippen LogP contribution is -2.15. The fraction of sp³-hybridized carbons (Fsp3) is 0.278.